The lowest BCUT2D eigenvalue weighted by molar-refractivity contribution is 0.0112. The smallest absolute Gasteiger partial charge is 0.114 e. The van der Waals surface area contributed by atoms with Crippen LogP contribution in [0.15, 0.2) is 30.3 Å². The largest absolute Gasteiger partial charge is 0.384 e. The van der Waals surface area contributed by atoms with Crippen molar-refractivity contribution in [2.75, 3.05) is 39.9 Å². The van der Waals surface area contributed by atoms with Crippen LogP contribution in [0.4, 0.5) is 0 Å². The zero-order valence-corrected chi connectivity index (χ0v) is 11.6. The van der Waals surface area contributed by atoms with Gasteiger partial charge in [-0.15, -0.1) is 0 Å². The second-order valence-electron chi connectivity index (χ2n) is 5.45. The Morgan fingerprint density at radius 3 is 2.79 bits per heavy atom. The van der Waals surface area contributed by atoms with Crippen LogP contribution in [0.5, 0.6) is 0 Å². The van der Waals surface area contributed by atoms with E-state index < -0.39 is 5.60 Å². The predicted octanol–water partition coefficient (Wildman–Crippen LogP) is 0.801. The van der Waals surface area contributed by atoms with Gasteiger partial charge in [0.05, 0.1) is 6.61 Å². The monoisotopic (exact) mass is 264 g/mol. The normalized spacial score (nSPS) is 23.4. The molecule has 1 saturated heterocycles. The molecule has 4 heteroatoms. The fraction of sp³-hybridized carbons (Fsp3) is 0.600. The summed E-state index contributed by atoms with van der Waals surface area (Å²) in [4.78, 5) is 2.28. The van der Waals surface area contributed by atoms with Crippen molar-refractivity contribution in [2.24, 2.45) is 11.7 Å². The van der Waals surface area contributed by atoms with Gasteiger partial charge in [-0.25, -0.2) is 0 Å². The molecule has 1 aliphatic rings. The van der Waals surface area contributed by atoms with Gasteiger partial charge in [0.15, 0.2) is 0 Å². The van der Waals surface area contributed by atoms with Crippen LogP contribution in [0.25, 0.3) is 0 Å². The summed E-state index contributed by atoms with van der Waals surface area (Å²) in [7, 11) is 1.74. The Labute approximate surface area is 115 Å². The van der Waals surface area contributed by atoms with Gasteiger partial charge in [-0.3, -0.25) is 4.90 Å². The number of hydrogen-bond donors (Lipinski definition) is 2. The highest BCUT2D eigenvalue weighted by molar-refractivity contribution is 5.23. The maximum atomic E-state index is 10.8. The van der Waals surface area contributed by atoms with E-state index in [1.54, 1.807) is 7.11 Å². The number of nitrogens with two attached hydrogens (primary N) is 1. The van der Waals surface area contributed by atoms with Gasteiger partial charge in [0, 0.05) is 26.7 Å². The number of methoxy groups -OCH3 is 1. The first kappa shape index (κ1) is 14.5. The number of ether oxygens (including phenoxy) is 1. The van der Waals surface area contributed by atoms with Crippen LogP contribution < -0.4 is 5.73 Å². The van der Waals surface area contributed by atoms with Gasteiger partial charge in [-0.05, 0) is 24.4 Å². The van der Waals surface area contributed by atoms with Crippen molar-refractivity contribution in [2.45, 2.75) is 12.0 Å². The lowest BCUT2D eigenvalue weighted by atomic mass is 9.93. The Morgan fingerprint density at radius 1 is 1.42 bits per heavy atom. The molecule has 4 nitrogen and oxygen atoms in total. The number of nitrogens with zero attached hydrogens (tertiary/aromatic N) is 1. The third kappa shape index (κ3) is 3.54. The van der Waals surface area contributed by atoms with Crippen molar-refractivity contribution in [1.29, 1.82) is 0 Å². The van der Waals surface area contributed by atoms with Crippen LogP contribution in [-0.4, -0.2) is 49.9 Å². The summed E-state index contributed by atoms with van der Waals surface area (Å²) in [5, 5.41) is 10.8. The van der Waals surface area contributed by atoms with E-state index in [0.29, 0.717) is 12.5 Å². The van der Waals surface area contributed by atoms with E-state index >= 15 is 0 Å². The lowest BCUT2D eigenvalue weighted by Gasteiger charge is -2.32. The van der Waals surface area contributed by atoms with Gasteiger partial charge in [-0.2, -0.15) is 0 Å². The molecule has 1 aromatic carbocycles. The Hall–Kier alpha value is -0.940. The van der Waals surface area contributed by atoms with Crippen molar-refractivity contribution in [3.63, 3.8) is 0 Å². The van der Waals surface area contributed by atoms with Gasteiger partial charge in [0.1, 0.15) is 5.60 Å². The summed E-state index contributed by atoms with van der Waals surface area (Å²) in [5.41, 5.74) is 5.75. The van der Waals surface area contributed by atoms with E-state index in [2.05, 4.69) is 4.90 Å². The molecule has 19 heavy (non-hydrogen) atoms. The first-order valence-corrected chi connectivity index (χ1v) is 6.87. The molecule has 1 aromatic rings. The topological polar surface area (TPSA) is 58.7 Å². The fourth-order valence-corrected chi connectivity index (χ4v) is 2.82. The molecule has 0 aliphatic carbocycles. The minimum absolute atomic E-state index is 0.239. The van der Waals surface area contributed by atoms with Gasteiger partial charge >= 0.3 is 0 Å². The summed E-state index contributed by atoms with van der Waals surface area (Å²) >= 11 is 0. The quantitative estimate of drug-likeness (QED) is 0.798. The van der Waals surface area contributed by atoms with Gasteiger partial charge in [0.2, 0.25) is 0 Å². The molecule has 0 saturated carbocycles. The van der Waals surface area contributed by atoms with Crippen molar-refractivity contribution in [3.8, 4) is 0 Å². The third-order valence-electron chi connectivity index (χ3n) is 3.91. The highest BCUT2D eigenvalue weighted by Crippen LogP contribution is 2.25. The summed E-state index contributed by atoms with van der Waals surface area (Å²) < 4.78 is 5.20. The van der Waals surface area contributed by atoms with Crippen LogP contribution in [-0.2, 0) is 10.3 Å². The average molecular weight is 264 g/mol. The minimum atomic E-state index is -0.955. The highest BCUT2D eigenvalue weighted by Gasteiger charge is 2.33. The van der Waals surface area contributed by atoms with Crippen molar-refractivity contribution in [1.82, 2.24) is 4.90 Å². The van der Waals surface area contributed by atoms with Gasteiger partial charge in [-0.1, -0.05) is 30.3 Å². The second kappa shape index (κ2) is 6.48. The number of hydrogen-bond acceptors (Lipinski definition) is 4. The molecular weight excluding hydrogens is 240 g/mol. The predicted molar refractivity (Wildman–Crippen MR) is 75.8 cm³/mol. The van der Waals surface area contributed by atoms with Crippen molar-refractivity contribution >= 4 is 0 Å². The van der Waals surface area contributed by atoms with Crippen LogP contribution >= 0.6 is 0 Å². The maximum Gasteiger partial charge on any atom is 0.114 e. The Morgan fingerprint density at radius 2 is 2.16 bits per heavy atom. The summed E-state index contributed by atoms with van der Waals surface area (Å²) in [6.07, 6.45) is 1.13. The first-order valence-electron chi connectivity index (χ1n) is 6.87. The molecular formula is C15H24N2O2. The molecule has 0 aromatic heterocycles. The standard InChI is InChI=1S/C15H24N2O2/c1-19-10-13-7-8-17(9-13)12-15(18,11-16)14-5-3-2-4-6-14/h2-6,13,18H,7-12,16H2,1H3. The number of aliphatic hydroxyl groups is 1. The number of likely N-dealkylation sites (tertiary alicyclic amines) is 1. The Balaban J connectivity index is 2.00. The Bertz CT molecular complexity index is 385. The molecule has 0 spiro atoms. The van der Waals surface area contributed by atoms with Crippen LogP contribution in [0.3, 0.4) is 0 Å². The fourth-order valence-electron chi connectivity index (χ4n) is 2.82. The molecule has 1 aliphatic heterocycles. The van der Waals surface area contributed by atoms with Gasteiger partial charge < -0.3 is 15.6 Å². The molecule has 2 rings (SSSR count). The minimum Gasteiger partial charge on any atom is -0.384 e. The van der Waals surface area contributed by atoms with E-state index in [4.69, 9.17) is 10.5 Å². The van der Waals surface area contributed by atoms with E-state index in [1.165, 1.54) is 0 Å². The molecule has 0 amide bonds. The summed E-state index contributed by atoms with van der Waals surface area (Å²) in [6.45, 7) is 3.60. The lowest BCUT2D eigenvalue weighted by Crippen LogP contribution is -2.45. The molecule has 106 valence electrons. The van der Waals surface area contributed by atoms with E-state index in [0.717, 1.165) is 31.7 Å². The average Bonchev–Trinajstić information content (AvgIpc) is 2.87. The van der Waals surface area contributed by atoms with Crippen molar-refractivity contribution < 1.29 is 9.84 Å². The molecule has 0 radical (unpaired) electrons. The molecule has 1 heterocycles. The zero-order valence-electron chi connectivity index (χ0n) is 11.6. The highest BCUT2D eigenvalue weighted by atomic mass is 16.5. The van der Waals surface area contributed by atoms with Crippen LogP contribution in [0.1, 0.15) is 12.0 Å². The van der Waals surface area contributed by atoms with Crippen molar-refractivity contribution in [3.05, 3.63) is 35.9 Å². The van der Waals surface area contributed by atoms with Gasteiger partial charge in [0.25, 0.3) is 0 Å². The second-order valence-corrected chi connectivity index (χ2v) is 5.45. The Kier molecular flexibility index (Phi) is 4.93. The molecule has 1 fully saturated rings. The number of benzene rings is 1. The molecule has 2 atom stereocenters. The summed E-state index contributed by atoms with van der Waals surface area (Å²) in [5.74, 6) is 0.572. The maximum absolute atomic E-state index is 10.8. The third-order valence-corrected chi connectivity index (χ3v) is 3.91. The zero-order chi connectivity index (χ0) is 13.7. The van der Waals surface area contributed by atoms with E-state index in [-0.39, 0.29) is 6.54 Å². The SMILES string of the molecule is COCC1CCN(CC(O)(CN)c2ccccc2)C1. The molecule has 0 bridgehead atoms. The van der Waals surface area contributed by atoms with Crippen LogP contribution in [0, 0.1) is 5.92 Å². The number of β-amino-alcohol motifs (C(OH)–C–C–N with tert-alkyl or cyclic N) is 1. The summed E-state index contributed by atoms with van der Waals surface area (Å²) in [6, 6.07) is 9.71. The first-order chi connectivity index (χ1) is 9.18. The molecule has 3 N–H and O–H groups in total. The van der Waals surface area contributed by atoms with E-state index in [1.807, 2.05) is 30.3 Å². The van der Waals surface area contributed by atoms with E-state index in [9.17, 15) is 5.11 Å². The number of rotatable bonds is 6. The molecule has 2 unspecified atom stereocenters. The van der Waals surface area contributed by atoms with Crippen LogP contribution in [0.2, 0.25) is 0 Å².